The van der Waals surface area contributed by atoms with Crippen LogP contribution in [0.15, 0.2) is 86.0 Å². The van der Waals surface area contributed by atoms with E-state index in [2.05, 4.69) is 27.0 Å². The molecule has 0 saturated carbocycles. The van der Waals surface area contributed by atoms with Crippen LogP contribution in [0.3, 0.4) is 0 Å². The molecule has 3 N–H and O–H groups in total. The van der Waals surface area contributed by atoms with Crippen molar-refractivity contribution in [3.05, 3.63) is 103 Å². The zero-order chi connectivity index (χ0) is 22.3. The summed E-state index contributed by atoms with van der Waals surface area (Å²) < 4.78 is 0. The number of hydrogen-bond acceptors (Lipinski definition) is 3. The molecule has 0 bridgehead atoms. The van der Waals surface area contributed by atoms with Gasteiger partial charge in [-0.05, 0) is 77.4 Å². The second-order valence-electron chi connectivity index (χ2n) is 8.09. The Bertz CT molecular complexity index is 980. The van der Waals surface area contributed by atoms with Gasteiger partial charge in [0, 0.05) is 0 Å². The maximum absolute atomic E-state index is 9.37. The van der Waals surface area contributed by atoms with E-state index in [0.29, 0.717) is 5.75 Å². The number of hydrogen-bond donors (Lipinski definition) is 3. The molecule has 0 aromatic heterocycles. The Morgan fingerprint density at radius 1 is 0.667 bits per heavy atom. The summed E-state index contributed by atoms with van der Waals surface area (Å²) in [4.78, 5) is 0. The monoisotopic (exact) mass is 402 g/mol. The molecule has 0 aliphatic heterocycles. The molecule has 0 unspecified atom stereocenters. The van der Waals surface area contributed by atoms with E-state index in [1.165, 1.54) is 0 Å². The molecule has 156 valence electrons. The van der Waals surface area contributed by atoms with E-state index in [0.717, 1.165) is 34.3 Å². The van der Waals surface area contributed by atoms with E-state index in [1.807, 2.05) is 43.3 Å². The summed E-state index contributed by atoms with van der Waals surface area (Å²) in [6.07, 6.45) is 0.808. The average molecular weight is 403 g/mol. The quantitative estimate of drug-likeness (QED) is 0.435. The third kappa shape index (κ3) is 6.56. The predicted molar refractivity (Wildman–Crippen MR) is 126 cm³/mol. The van der Waals surface area contributed by atoms with Gasteiger partial charge in [-0.1, -0.05) is 69.0 Å². The highest BCUT2D eigenvalue weighted by Gasteiger charge is 2.22. The molecule has 3 heteroatoms. The number of aromatic hydroxyl groups is 3. The molecule has 0 radical (unpaired) electrons. The SMILES string of the molecule is C=C(C)c1ccc(O)cc1.C=C(CC(C)(C)c1ccc(O)cc1)c1ccc(O)cc1. The summed E-state index contributed by atoms with van der Waals surface area (Å²) in [5.74, 6) is 0.839. The average Bonchev–Trinajstić information content (AvgIpc) is 2.69. The first-order valence-electron chi connectivity index (χ1n) is 9.80. The van der Waals surface area contributed by atoms with E-state index in [4.69, 9.17) is 5.11 Å². The van der Waals surface area contributed by atoms with Gasteiger partial charge in [-0.15, -0.1) is 0 Å². The molecule has 0 aliphatic rings. The molecular weight excluding hydrogens is 372 g/mol. The fraction of sp³-hybridized carbons (Fsp3) is 0.185. The molecule has 3 aromatic rings. The Kier molecular flexibility index (Phi) is 7.48. The third-order valence-corrected chi connectivity index (χ3v) is 4.94. The first kappa shape index (κ1) is 22.8. The Labute approximate surface area is 179 Å². The molecule has 0 heterocycles. The lowest BCUT2D eigenvalue weighted by Crippen LogP contribution is -2.17. The van der Waals surface area contributed by atoms with Crippen molar-refractivity contribution in [2.45, 2.75) is 32.6 Å². The Balaban J connectivity index is 0.000000269. The minimum atomic E-state index is -0.0668. The molecule has 0 spiro atoms. The second kappa shape index (κ2) is 9.84. The van der Waals surface area contributed by atoms with Crippen LogP contribution in [-0.2, 0) is 5.41 Å². The summed E-state index contributed by atoms with van der Waals surface area (Å²) in [7, 11) is 0. The molecule has 0 saturated heterocycles. The first-order chi connectivity index (χ1) is 14.1. The lowest BCUT2D eigenvalue weighted by Gasteiger charge is -2.26. The number of rotatable bonds is 5. The van der Waals surface area contributed by atoms with Crippen molar-refractivity contribution in [1.29, 1.82) is 0 Å². The van der Waals surface area contributed by atoms with Crippen LogP contribution in [0.1, 0.15) is 43.9 Å². The van der Waals surface area contributed by atoms with Crippen LogP contribution in [0.25, 0.3) is 11.1 Å². The molecule has 3 rings (SSSR count). The van der Waals surface area contributed by atoms with Gasteiger partial charge in [0.2, 0.25) is 0 Å². The third-order valence-electron chi connectivity index (χ3n) is 4.94. The fourth-order valence-electron chi connectivity index (χ4n) is 3.09. The zero-order valence-electron chi connectivity index (χ0n) is 17.9. The Morgan fingerprint density at radius 2 is 1.03 bits per heavy atom. The standard InChI is InChI=1S/C18H20O2.C9H10O/c1-13(14-4-8-16(19)9-5-14)12-18(2,3)15-6-10-17(20)11-7-15;1-7(2)8-3-5-9(10)6-4-8/h4-11,19-20H,1,12H2,2-3H3;3-6,10H,1H2,2H3. The maximum atomic E-state index is 9.37. The topological polar surface area (TPSA) is 60.7 Å². The Morgan fingerprint density at radius 3 is 1.43 bits per heavy atom. The van der Waals surface area contributed by atoms with E-state index >= 15 is 0 Å². The molecule has 0 fully saturated rings. The minimum absolute atomic E-state index is 0.0668. The van der Waals surface area contributed by atoms with Crippen molar-refractivity contribution >= 4 is 11.1 Å². The van der Waals surface area contributed by atoms with Gasteiger partial charge in [0.25, 0.3) is 0 Å². The lowest BCUT2D eigenvalue weighted by atomic mass is 9.78. The molecule has 30 heavy (non-hydrogen) atoms. The van der Waals surface area contributed by atoms with Crippen LogP contribution < -0.4 is 0 Å². The summed E-state index contributed by atoms with van der Waals surface area (Å²) in [5.41, 5.74) is 5.24. The van der Waals surface area contributed by atoms with Crippen LogP contribution in [0.4, 0.5) is 0 Å². The van der Waals surface area contributed by atoms with Gasteiger partial charge in [-0.3, -0.25) is 0 Å². The molecular formula is C27H30O3. The van der Waals surface area contributed by atoms with Crippen molar-refractivity contribution in [1.82, 2.24) is 0 Å². The predicted octanol–water partition coefficient (Wildman–Crippen LogP) is 6.90. The smallest absolute Gasteiger partial charge is 0.115 e. The van der Waals surface area contributed by atoms with Crippen molar-refractivity contribution in [2.75, 3.05) is 0 Å². The minimum Gasteiger partial charge on any atom is -0.508 e. The van der Waals surface area contributed by atoms with Gasteiger partial charge in [-0.25, -0.2) is 0 Å². The highest BCUT2D eigenvalue weighted by Crippen LogP contribution is 2.34. The zero-order valence-corrected chi connectivity index (χ0v) is 17.9. The number of phenols is 3. The Hall–Kier alpha value is -3.46. The summed E-state index contributed by atoms with van der Waals surface area (Å²) in [6, 6.07) is 21.4. The van der Waals surface area contributed by atoms with Gasteiger partial charge < -0.3 is 15.3 Å². The molecule has 0 amide bonds. The molecule has 0 aliphatic carbocycles. The van der Waals surface area contributed by atoms with Gasteiger partial charge in [0.1, 0.15) is 17.2 Å². The van der Waals surface area contributed by atoms with Gasteiger partial charge in [-0.2, -0.15) is 0 Å². The van der Waals surface area contributed by atoms with Crippen LogP contribution in [-0.4, -0.2) is 15.3 Å². The van der Waals surface area contributed by atoms with Crippen LogP contribution in [0.2, 0.25) is 0 Å². The second-order valence-corrected chi connectivity index (χ2v) is 8.09. The van der Waals surface area contributed by atoms with Crippen molar-refractivity contribution in [3.8, 4) is 17.2 Å². The highest BCUT2D eigenvalue weighted by molar-refractivity contribution is 5.65. The van der Waals surface area contributed by atoms with Gasteiger partial charge >= 0.3 is 0 Å². The van der Waals surface area contributed by atoms with E-state index < -0.39 is 0 Å². The molecule has 3 nitrogen and oxygen atoms in total. The summed E-state index contributed by atoms with van der Waals surface area (Å²) >= 11 is 0. The van der Waals surface area contributed by atoms with E-state index in [1.54, 1.807) is 36.4 Å². The summed E-state index contributed by atoms with van der Waals surface area (Å²) in [6.45, 7) is 14.2. The van der Waals surface area contributed by atoms with Crippen LogP contribution in [0, 0.1) is 0 Å². The van der Waals surface area contributed by atoms with Gasteiger partial charge in [0.15, 0.2) is 0 Å². The van der Waals surface area contributed by atoms with Gasteiger partial charge in [0.05, 0.1) is 0 Å². The molecule has 3 aromatic carbocycles. The van der Waals surface area contributed by atoms with Crippen LogP contribution in [0.5, 0.6) is 17.2 Å². The summed E-state index contributed by atoms with van der Waals surface area (Å²) in [5, 5.41) is 27.6. The van der Waals surface area contributed by atoms with Crippen molar-refractivity contribution < 1.29 is 15.3 Å². The van der Waals surface area contributed by atoms with E-state index in [-0.39, 0.29) is 16.9 Å². The maximum Gasteiger partial charge on any atom is 0.115 e. The number of allylic oxidation sites excluding steroid dienone is 2. The van der Waals surface area contributed by atoms with E-state index in [9.17, 15) is 10.2 Å². The van der Waals surface area contributed by atoms with Crippen molar-refractivity contribution in [3.63, 3.8) is 0 Å². The molecule has 0 atom stereocenters. The van der Waals surface area contributed by atoms with Crippen molar-refractivity contribution in [2.24, 2.45) is 0 Å². The number of phenolic OH excluding ortho intramolecular Hbond substituents is 3. The lowest BCUT2D eigenvalue weighted by molar-refractivity contribution is 0.473. The normalized spacial score (nSPS) is 10.6. The number of benzene rings is 3. The highest BCUT2D eigenvalue weighted by atomic mass is 16.3. The largest absolute Gasteiger partial charge is 0.508 e. The van der Waals surface area contributed by atoms with Crippen LogP contribution >= 0.6 is 0 Å². The fourth-order valence-corrected chi connectivity index (χ4v) is 3.09. The first-order valence-corrected chi connectivity index (χ1v) is 9.80.